The molecule has 0 spiro atoms. The second-order valence-corrected chi connectivity index (χ2v) is 11.6. The van der Waals surface area contributed by atoms with Gasteiger partial charge in [-0.15, -0.1) is 0 Å². The molecule has 5 heteroatoms. The molecule has 0 saturated carbocycles. The molecule has 0 N–H and O–H groups in total. The zero-order valence-corrected chi connectivity index (χ0v) is 25.2. The van der Waals surface area contributed by atoms with Crippen LogP contribution >= 0.6 is 31.9 Å². The van der Waals surface area contributed by atoms with Crippen LogP contribution in [0.1, 0.15) is 50.3 Å². The molecule has 2 aromatic carbocycles. The molecule has 0 fully saturated rings. The largest absolute Gasteiger partial charge is 0.456 e. The quantitative estimate of drug-likeness (QED) is 0.285. The van der Waals surface area contributed by atoms with Crippen LogP contribution in [-0.4, -0.2) is 11.6 Å². The number of allylic oxidation sites excluding steroid dienone is 10. The molecule has 0 aliphatic heterocycles. The van der Waals surface area contributed by atoms with E-state index in [-0.39, 0.29) is 11.6 Å². The second-order valence-electron chi connectivity index (χ2n) is 9.81. The van der Waals surface area contributed by atoms with Crippen molar-refractivity contribution in [2.75, 3.05) is 0 Å². The van der Waals surface area contributed by atoms with E-state index in [1.807, 2.05) is 113 Å². The number of ketones is 2. The second kappa shape index (κ2) is 10.9. The number of rotatable bonds is 4. The standard InChI is InChI=1S/C34H26Br2O3/c1-19-15-25(16-20(2)33(19)37)31(23-5-9-27(35)10-6-23)29-13-14-30(39-29)32(24-7-11-28(36)12-8-24)26-17-21(3)34(38)22(4)18-26/h5-18H,1-4H3. The summed E-state index contributed by atoms with van der Waals surface area (Å²) in [5.41, 5.74) is 8.35. The molecule has 0 amide bonds. The Hall–Kier alpha value is -3.54. The highest BCUT2D eigenvalue weighted by Gasteiger charge is 2.23. The molecule has 0 bridgehead atoms. The first-order valence-corrected chi connectivity index (χ1v) is 14.1. The summed E-state index contributed by atoms with van der Waals surface area (Å²) in [6.07, 6.45) is 7.70. The van der Waals surface area contributed by atoms with Gasteiger partial charge in [0.1, 0.15) is 11.5 Å². The minimum absolute atomic E-state index is 0.0486. The van der Waals surface area contributed by atoms with Gasteiger partial charge in [-0.05, 0) is 133 Å². The van der Waals surface area contributed by atoms with Crippen molar-refractivity contribution in [3.8, 4) is 0 Å². The third-order valence-electron chi connectivity index (χ3n) is 6.86. The summed E-state index contributed by atoms with van der Waals surface area (Å²) in [6.45, 7) is 7.37. The maximum absolute atomic E-state index is 12.5. The van der Waals surface area contributed by atoms with Gasteiger partial charge < -0.3 is 4.42 Å². The van der Waals surface area contributed by atoms with Gasteiger partial charge in [0.15, 0.2) is 11.6 Å². The summed E-state index contributed by atoms with van der Waals surface area (Å²) in [4.78, 5) is 25.0. The molecular formula is C34H26Br2O3. The van der Waals surface area contributed by atoms with Crippen molar-refractivity contribution in [2.45, 2.75) is 27.7 Å². The minimum atomic E-state index is 0.0486. The molecular weight excluding hydrogens is 616 g/mol. The molecule has 0 saturated heterocycles. The summed E-state index contributed by atoms with van der Waals surface area (Å²) in [5, 5.41) is 0. The Bertz CT molecular complexity index is 1530. The summed E-state index contributed by atoms with van der Waals surface area (Å²) in [5.74, 6) is 1.47. The van der Waals surface area contributed by atoms with Gasteiger partial charge >= 0.3 is 0 Å². The fourth-order valence-electron chi connectivity index (χ4n) is 4.93. The summed E-state index contributed by atoms with van der Waals surface area (Å²) >= 11 is 7.07. The Morgan fingerprint density at radius 3 is 1.13 bits per heavy atom. The normalized spacial score (nSPS) is 15.5. The van der Waals surface area contributed by atoms with E-state index in [1.165, 1.54) is 0 Å². The Morgan fingerprint density at radius 1 is 0.513 bits per heavy atom. The zero-order valence-electron chi connectivity index (χ0n) is 22.1. The van der Waals surface area contributed by atoms with Crippen LogP contribution in [0.15, 0.2) is 132 Å². The number of halogens is 2. The lowest BCUT2D eigenvalue weighted by molar-refractivity contribution is -0.113. The lowest BCUT2D eigenvalue weighted by Gasteiger charge is -2.16. The van der Waals surface area contributed by atoms with Crippen LogP contribution in [0.5, 0.6) is 0 Å². The Morgan fingerprint density at radius 2 is 0.821 bits per heavy atom. The maximum Gasteiger partial charge on any atom is 0.184 e. The molecule has 0 atom stereocenters. The minimum Gasteiger partial charge on any atom is -0.456 e. The first-order chi connectivity index (χ1) is 18.6. The number of benzene rings is 2. The number of hydrogen-bond donors (Lipinski definition) is 0. The SMILES string of the molecule is CC1=CC(=C(c2ccc(Br)cc2)c2ccc(C(=C3C=C(C)C(=O)C(C)=C3)c3ccc(Br)cc3)o2)C=C(C)C1=O. The van der Waals surface area contributed by atoms with Gasteiger partial charge in [-0.25, -0.2) is 0 Å². The van der Waals surface area contributed by atoms with Crippen LogP contribution in [0.2, 0.25) is 0 Å². The van der Waals surface area contributed by atoms with Crippen LogP contribution in [0.3, 0.4) is 0 Å². The summed E-state index contributed by atoms with van der Waals surface area (Å²) in [6, 6.07) is 20.1. The number of carbonyl (C=O) groups is 2. The highest BCUT2D eigenvalue weighted by Crippen LogP contribution is 2.38. The van der Waals surface area contributed by atoms with Gasteiger partial charge in [-0.2, -0.15) is 0 Å². The van der Waals surface area contributed by atoms with Gasteiger partial charge in [-0.1, -0.05) is 56.1 Å². The number of Topliss-reactive ketones (excluding diaryl/α,β-unsaturated/α-hetero) is 2. The molecule has 1 heterocycles. The van der Waals surface area contributed by atoms with Crippen molar-refractivity contribution >= 4 is 54.6 Å². The number of furan rings is 1. The van der Waals surface area contributed by atoms with Gasteiger partial charge in [0.2, 0.25) is 0 Å². The molecule has 1 aromatic heterocycles. The average Bonchev–Trinajstić information content (AvgIpc) is 3.37. The van der Waals surface area contributed by atoms with E-state index in [9.17, 15) is 9.59 Å². The van der Waals surface area contributed by atoms with E-state index < -0.39 is 0 Å². The van der Waals surface area contributed by atoms with Crippen LogP contribution < -0.4 is 0 Å². The molecule has 0 radical (unpaired) electrons. The zero-order chi connectivity index (χ0) is 27.8. The number of hydrogen-bond acceptors (Lipinski definition) is 3. The Kier molecular flexibility index (Phi) is 7.57. The fraction of sp³-hybridized carbons (Fsp3) is 0.118. The first kappa shape index (κ1) is 27.0. The molecule has 194 valence electrons. The number of carbonyl (C=O) groups excluding carboxylic acids is 2. The van der Waals surface area contributed by atoms with Crippen LogP contribution in [0.4, 0.5) is 0 Å². The molecule has 2 aliphatic rings. The van der Waals surface area contributed by atoms with Gasteiger partial charge in [0.25, 0.3) is 0 Å². The van der Waals surface area contributed by atoms with Crippen molar-refractivity contribution in [3.05, 3.63) is 150 Å². The summed E-state index contributed by atoms with van der Waals surface area (Å²) < 4.78 is 8.61. The molecule has 39 heavy (non-hydrogen) atoms. The van der Waals surface area contributed by atoms with Crippen molar-refractivity contribution in [2.24, 2.45) is 0 Å². The third-order valence-corrected chi connectivity index (χ3v) is 7.92. The van der Waals surface area contributed by atoms with Gasteiger partial charge in [-0.3, -0.25) is 9.59 Å². The van der Waals surface area contributed by atoms with Crippen LogP contribution in [0, 0.1) is 0 Å². The van der Waals surface area contributed by atoms with Crippen molar-refractivity contribution < 1.29 is 14.0 Å². The van der Waals surface area contributed by atoms with Gasteiger partial charge in [0, 0.05) is 20.1 Å². The smallest absolute Gasteiger partial charge is 0.184 e. The average molecular weight is 642 g/mol. The molecule has 3 aromatic rings. The predicted octanol–water partition coefficient (Wildman–Crippen LogP) is 9.36. The van der Waals surface area contributed by atoms with Crippen LogP contribution in [0.25, 0.3) is 11.1 Å². The van der Waals surface area contributed by atoms with Crippen LogP contribution in [-0.2, 0) is 9.59 Å². The van der Waals surface area contributed by atoms with Crippen molar-refractivity contribution in [1.29, 1.82) is 0 Å². The van der Waals surface area contributed by atoms with E-state index in [0.717, 1.165) is 42.4 Å². The molecule has 2 aliphatic carbocycles. The Balaban J connectivity index is 1.74. The fourth-order valence-corrected chi connectivity index (χ4v) is 5.46. The lowest BCUT2D eigenvalue weighted by Crippen LogP contribution is -2.07. The lowest BCUT2D eigenvalue weighted by atomic mass is 9.89. The van der Waals surface area contributed by atoms with E-state index in [0.29, 0.717) is 33.8 Å². The molecule has 5 rings (SSSR count). The Labute approximate surface area is 245 Å². The van der Waals surface area contributed by atoms with Crippen molar-refractivity contribution in [1.82, 2.24) is 0 Å². The third kappa shape index (κ3) is 5.47. The van der Waals surface area contributed by atoms with E-state index in [4.69, 9.17) is 4.42 Å². The summed E-state index contributed by atoms with van der Waals surface area (Å²) in [7, 11) is 0. The highest BCUT2D eigenvalue weighted by atomic mass is 79.9. The van der Waals surface area contributed by atoms with E-state index in [1.54, 1.807) is 0 Å². The molecule has 3 nitrogen and oxygen atoms in total. The maximum atomic E-state index is 12.5. The first-order valence-electron chi connectivity index (χ1n) is 12.6. The van der Waals surface area contributed by atoms with Crippen molar-refractivity contribution in [3.63, 3.8) is 0 Å². The van der Waals surface area contributed by atoms with E-state index >= 15 is 0 Å². The monoisotopic (exact) mass is 640 g/mol. The molecule has 0 unspecified atom stereocenters. The topological polar surface area (TPSA) is 47.3 Å². The van der Waals surface area contributed by atoms with E-state index in [2.05, 4.69) is 31.9 Å². The highest BCUT2D eigenvalue weighted by molar-refractivity contribution is 9.10. The van der Waals surface area contributed by atoms with Gasteiger partial charge in [0.05, 0.1) is 0 Å². The predicted molar refractivity (Wildman–Crippen MR) is 164 cm³/mol.